The Morgan fingerprint density at radius 2 is 1.04 bits per heavy atom. The largest absolute Gasteiger partial charge is 0.0911 e. The first-order chi connectivity index (χ1) is 12.2. The summed E-state index contributed by atoms with van der Waals surface area (Å²) in [5.74, 6) is 0. The molecule has 0 atom stereocenters. The molecule has 0 spiro atoms. The van der Waals surface area contributed by atoms with Gasteiger partial charge in [-0.3, -0.25) is 0 Å². The fourth-order valence-electron chi connectivity index (χ4n) is 2.78. The summed E-state index contributed by atoms with van der Waals surface area (Å²) in [5, 5.41) is 0. The highest BCUT2D eigenvalue weighted by Crippen LogP contribution is 2.26. The summed E-state index contributed by atoms with van der Waals surface area (Å²) in [6.07, 6.45) is 4.40. The molecule has 0 aliphatic heterocycles. The molecule has 0 heterocycles. The lowest BCUT2D eigenvalue weighted by atomic mass is 9.96. The van der Waals surface area contributed by atoms with Gasteiger partial charge in [-0.05, 0) is 46.4 Å². The molecule has 0 heteroatoms. The van der Waals surface area contributed by atoms with E-state index in [0.29, 0.717) is 0 Å². The van der Waals surface area contributed by atoms with Gasteiger partial charge in [0.2, 0.25) is 0 Å². The molecule has 0 N–H and O–H groups in total. The molecular weight excluding hydrogens is 300 g/mol. The van der Waals surface area contributed by atoms with Crippen LogP contribution in [0, 0.1) is 0 Å². The molecule has 0 saturated heterocycles. The van der Waals surface area contributed by atoms with Gasteiger partial charge in [0, 0.05) is 0 Å². The molecule has 0 amide bonds. The lowest BCUT2D eigenvalue weighted by Gasteiger charge is -2.08. The highest BCUT2D eigenvalue weighted by Gasteiger charge is 2.03. The third-order valence-corrected chi connectivity index (χ3v) is 4.18. The van der Waals surface area contributed by atoms with E-state index >= 15 is 0 Å². The van der Waals surface area contributed by atoms with Crippen LogP contribution in [0.4, 0.5) is 0 Å². The van der Waals surface area contributed by atoms with Gasteiger partial charge in [-0.2, -0.15) is 0 Å². The Balaban J connectivity index is 2.02. The van der Waals surface area contributed by atoms with Crippen molar-refractivity contribution in [2.24, 2.45) is 0 Å². The lowest BCUT2D eigenvalue weighted by molar-refractivity contribution is 1.55. The summed E-state index contributed by atoms with van der Waals surface area (Å²) in [6, 6.07) is 31.2. The predicted octanol–water partition coefficient (Wildman–Crippen LogP) is 6.89. The molecule has 122 valence electrons. The summed E-state index contributed by atoms with van der Waals surface area (Å²) >= 11 is 0. The lowest BCUT2D eigenvalue weighted by Crippen LogP contribution is -1.86. The summed E-state index contributed by atoms with van der Waals surface area (Å²) in [6.45, 7) is 6.41. The number of allylic oxidation sites excluding steroid dienone is 5. The van der Waals surface area contributed by atoms with E-state index in [4.69, 9.17) is 0 Å². The van der Waals surface area contributed by atoms with Gasteiger partial charge >= 0.3 is 0 Å². The Hall–Kier alpha value is -3.12. The van der Waals surface area contributed by atoms with E-state index in [0.717, 1.165) is 16.7 Å². The third kappa shape index (κ3) is 4.45. The Kier molecular flexibility index (Phi) is 5.43. The minimum atomic E-state index is 1.01. The summed E-state index contributed by atoms with van der Waals surface area (Å²) < 4.78 is 0. The molecule has 3 aromatic rings. The van der Waals surface area contributed by atoms with E-state index in [-0.39, 0.29) is 0 Å². The summed E-state index contributed by atoms with van der Waals surface area (Å²) in [7, 11) is 0. The highest BCUT2D eigenvalue weighted by molar-refractivity contribution is 5.90. The molecule has 25 heavy (non-hydrogen) atoms. The minimum absolute atomic E-state index is 1.01. The first-order valence-corrected chi connectivity index (χ1v) is 8.49. The van der Waals surface area contributed by atoms with Crippen molar-refractivity contribution in [3.8, 4) is 0 Å². The smallest absolute Gasteiger partial charge is 0.0175 e. The minimum Gasteiger partial charge on any atom is -0.0911 e. The maximum absolute atomic E-state index is 4.26. The maximum Gasteiger partial charge on any atom is -0.0175 e. The molecule has 0 radical (unpaired) electrons. The van der Waals surface area contributed by atoms with Crippen molar-refractivity contribution in [3.63, 3.8) is 0 Å². The average Bonchev–Trinajstić information content (AvgIpc) is 2.69. The van der Waals surface area contributed by atoms with E-state index < -0.39 is 0 Å². The van der Waals surface area contributed by atoms with Crippen LogP contribution in [0.1, 0.15) is 23.6 Å². The Bertz CT molecular complexity index is 883. The van der Waals surface area contributed by atoms with Crippen LogP contribution in [0.2, 0.25) is 0 Å². The Morgan fingerprint density at radius 1 is 0.600 bits per heavy atom. The molecule has 0 aliphatic carbocycles. The average molecular weight is 322 g/mol. The van der Waals surface area contributed by atoms with Crippen LogP contribution in [0.5, 0.6) is 0 Å². The van der Waals surface area contributed by atoms with E-state index in [9.17, 15) is 0 Å². The zero-order valence-corrected chi connectivity index (χ0v) is 14.5. The summed E-state index contributed by atoms with van der Waals surface area (Å²) in [5.41, 5.74) is 6.97. The van der Waals surface area contributed by atoms with Crippen molar-refractivity contribution < 1.29 is 0 Å². The van der Waals surface area contributed by atoms with Gasteiger partial charge in [-0.15, -0.1) is 0 Å². The second-order valence-corrected chi connectivity index (χ2v) is 6.05. The van der Waals surface area contributed by atoms with Gasteiger partial charge in [-0.25, -0.2) is 0 Å². The van der Waals surface area contributed by atoms with Gasteiger partial charge in [-0.1, -0.05) is 104 Å². The van der Waals surface area contributed by atoms with E-state index in [1.807, 2.05) is 30.3 Å². The van der Waals surface area contributed by atoms with E-state index in [1.54, 1.807) is 0 Å². The van der Waals surface area contributed by atoms with Gasteiger partial charge in [0.1, 0.15) is 0 Å². The fraction of sp³-hybridized carbons (Fsp3) is 0.0400. The van der Waals surface area contributed by atoms with Crippen LogP contribution >= 0.6 is 0 Å². The summed E-state index contributed by atoms with van der Waals surface area (Å²) in [4.78, 5) is 0. The molecule has 0 bridgehead atoms. The second-order valence-electron chi connectivity index (χ2n) is 6.05. The van der Waals surface area contributed by atoms with Crippen LogP contribution in [0.15, 0.2) is 110 Å². The normalized spacial score (nSPS) is 12.0. The van der Waals surface area contributed by atoms with E-state index in [2.05, 4.69) is 86.3 Å². The molecule has 3 rings (SSSR count). The van der Waals surface area contributed by atoms with Crippen molar-refractivity contribution >= 4 is 16.7 Å². The third-order valence-electron chi connectivity index (χ3n) is 4.18. The second kappa shape index (κ2) is 8.12. The van der Waals surface area contributed by atoms with Crippen molar-refractivity contribution in [2.75, 3.05) is 0 Å². The van der Waals surface area contributed by atoms with Crippen molar-refractivity contribution in [2.45, 2.75) is 6.92 Å². The Morgan fingerprint density at radius 3 is 1.56 bits per heavy atom. The van der Waals surface area contributed by atoms with Gasteiger partial charge in [0.05, 0.1) is 0 Å². The SMILES string of the molecule is C=C(/C=C(\C=C(/C)c1ccccc1)c1ccccc1)c1ccccc1. The van der Waals surface area contributed by atoms with E-state index in [1.165, 1.54) is 16.7 Å². The first-order valence-electron chi connectivity index (χ1n) is 8.49. The standard InChI is InChI=1S/C25H22/c1-20(22-12-6-3-7-13-22)18-25(24-16-10-5-11-17-24)19-21(2)23-14-8-4-9-15-23/h3-19H,1H2,2H3/b21-19+,25-18+. The molecular formula is C25H22. The fourth-order valence-corrected chi connectivity index (χ4v) is 2.78. The quantitative estimate of drug-likeness (QED) is 0.449. The van der Waals surface area contributed by atoms with Gasteiger partial charge in [0.15, 0.2) is 0 Å². The van der Waals surface area contributed by atoms with Crippen LogP contribution in [0.3, 0.4) is 0 Å². The zero-order valence-electron chi connectivity index (χ0n) is 14.5. The number of rotatable bonds is 5. The highest BCUT2D eigenvalue weighted by atomic mass is 14.1. The van der Waals surface area contributed by atoms with Gasteiger partial charge in [0.25, 0.3) is 0 Å². The molecule has 0 unspecified atom stereocenters. The molecule has 0 fully saturated rings. The molecule has 3 aromatic carbocycles. The van der Waals surface area contributed by atoms with Crippen LogP contribution in [-0.2, 0) is 0 Å². The van der Waals surface area contributed by atoms with Crippen molar-refractivity contribution in [1.29, 1.82) is 0 Å². The number of benzene rings is 3. The Labute approximate surface area is 150 Å². The van der Waals surface area contributed by atoms with Crippen LogP contribution in [-0.4, -0.2) is 0 Å². The molecule has 0 nitrogen and oxygen atoms in total. The predicted molar refractivity (Wildman–Crippen MR) is 110 cm³/mol. The van der Waals surface area contributed by atoms with Gasteiger partial charge < -0.3 is 0 Å². The topological polar surface area (TPSA) is 0 Å². The number of hydrogen-bond donors (Lipinski definition) is 0. The maximum atomic E-state index is 4.26. The molecule has 0 aromatic heterocycles. The monoisotopic (exact) mass is 322 g/mol. The molecule has 0 saturated carbocycles. The van der Waals surface area contributed by atoms with Crippen molar-refractivity contribution in [1.82, 2.24) is 0 Å². The van der Waals surface area contributed by atoms with Crippen LogP contribution < -0.4 is 0 Å². The number of hydrogen-bond acceptors (Lipinski definition) is 0. The first kappa shape index (κ1) is 16.7. The zero-order chi connectivity index (χ0) is 17.5. The van der Waals surface area contributed by atoms with Crippen LogP contribution in [0.25, 0.3) is 16.7 Å². The molecule has 0 aliphatic rings. The van der Waals surface area contributed by atoms with Crippen molar-refractivity contribution in [3.05, 3.63) is 126 Å².